The lowest BCUT2D eigenvalue weighted by Crippen LogP contribution is -2.23. The van der Waals surface area contributed by atoms with Crippen LogP contribution in [0.15, 0.2) is 46.4 Å². The SMILES string of the molecule is O=C(Cc1csc(N2CCCC2=O)n1)OCc1coc(-c2ccccc2)n1. The van der Waals surface area contributed by atoms with Crippen LogP contribution in [0.4, 0.5) is 5.13 Å². The molecule has 0 unspecified atom stereocenters. The van der Waals surface area contributed by atoms with Crippen molar-refractivity contribution in [3.63, 3.8) is 0 Å². The molecule has 1 amide bonds. The molecule has 0 saturated carbocycles. The average Bonchev–Trinajstić information content (AvgIpc) is 3.41. The molecular formula is C19H17N3O4S. The quantitative estimate of drug-likeness (QED) is 0.608. The van der Waals surface area contributed by atoms with E-state index in [1.54, 1.807) is 10.3 Å². The number of nitrogens with zero attached hydrogens (tertiary/aromatic N) is 3. The van der Waals surface area contributed by atoms with Crippen LogP contribution in [-0.4, -0.2) is 28.4 Å². The van der Waals surface area contributed by atoms with E-state index in [4.69, 9.17) is 9.15 Å². The summed E-state index contributed by atoms with van der Waals surface area (Å²) in [6.45, 7) is 0.725. The maximum Gasteiger partial charge on any atom is 0.312 e. The first-order valence-corrected chi connectivity index (χ1v) is 9.47. The first kappa shape index (κ1) is 17.4. The third-order valence-corrected chi connectivity index (χ3v) is 5.04. The molecule has 1 aliphatic heterocycles. The number of esters is 1. The molecule has 138 valence electrons. The number of rotatable bonds is 6. The van der Waals surface area contributed by atoms with Gasteiger partial charge in [-0.2, -0.15) is 0 Å². The third kappa shape index (κ3) is 4.06. The Morgan fingerprint density at radius 2 is 2.07 bits per heavy atom. The van der Waals surface area contributed by atoms with Crippen molar-refractivity contribution in [1.82, 2.24) is 9.97 Å². The first-order chi connectivity index (χ1) is 13.2. The van der Waals surface area contributed by atoms with Gasteiger partial charge in [0.2, 0.25) is 11.8 Å². The van der Waals surface area contributed by atoms with Gasteiger partial charge in [0.05, 0.1) is 12.1 Å². The maximum atomic E-state index is 12.1. The third-order valence-electron chi connectivity index (χ3n) is 4.12. The van der Waals surface area contributed by atoms with Crippen LogP contribution in [0.3, 0.4) is 0 Å². The number of anilines is 1. The summed E-state index contributed by atoms with van der Waals surface area (Å²) in [6.07, 6.45) is 2.94. The Labute approximate surface area is 159 Å². The molecule has 0 N–H and O–H groups in total. The van der Waals surface area contributed by atoms with Crippen molar-refractivity contribution in [1.29, 1.82) is 0 Å². The Bertz CT molecular complexity index is 951. The van der Waals surface area contributed by atoms with Crippen LogP contribution in [-0.2, 0) is 27.4 Å². The zero-order chi connectivity index (χ0) is 18.6. The van der Waals surface area contributed by atoms with Crippen LogP contribution < -0.4 is 4.90 Å². The van der Waals surface area contributed by atoms with Crippen LogP contribution in [0.1, 0.15) is 24.2 Å². The molecule has 0 spiro atoms. The lowest BCUT2D eigenvalue weighted by molar-refractivity contribution is -0.144. The lowest BCUT2D eigenvalue weighted by atomic mass is 10.2. The van der Waals surface area contributed by atoms with E-state index in [2.05, 4.69) is 9.97 Å². The second-order valence-electron chi connectivity index (χ2n) is 6.12. The van der Waals surface area contributed by atoms with Gasteiger partial charge in [0, 0.05) is 23.9 Å². The Kier molecular flexibility index (Phi) is 4.97. The van der Waals surface area contributed by atoms with Gasteiger partial charge in [0.1, 0.15) is 18.6 Å². The zero-order valence-corrected chi connectivity index (χ0v) is 15.3. The Balaban J connectivity index is 1.31. The number of oxazole rings is 1. The molecule has 0 radical (unpaired) electrons. The largest absolute Gasteiger partial charge is 0.459 e. The number of benzene rings is 1. The highest BCUT2D eigenvalue weighted by atomic mass is 32.1. The predicted molar refractivity (Wildman–Crippen MR) is 99.1 cm³/mol. The Hall–Kier alpha value is -3.00. The number of thiazole rings is 1. The molecule has 0 atom stereocenters. The molecule has 3 aromatic rings. The molecule has 7 nitrogen and oxygen atoms in total. The van der Waals surface area contributed by atoms with E-state index in [9.17, 15) is 9.59 Å². The molecule has 27 heavy (non-hydrogen) atoms. The normalized spacial score (nSPS) is 13.9. The van der Waals surface area contributed by atoms with Gasteiger partial charge < -0.3 is 9.15 Å². The van der Waals surface area contributed by atoms with Gasteiger partial charge in [-0.1, -0.05) is 18.2 Å². The molecule has 1 aromatic carbocycles. The summed E-state index contributed by atoms with van der Waals surface area (Å²) in [5.41, 5.74) is 2.01. The minimum atomic E-state index is -0.399. The summed E-state index contributed by atoms with van der Waals surface area (Å²) >= 11 is 1.37. The molecule has 0 aliphatic carbocycles. The number of carbonyl (C=O) groups is 2. The van der Waals surface area contributed by atoms with Crippen LogP contribution in [0, 0.1) is 0 Å². The van der Waals surface area contributed by atoms with E-state index in [-0.39, 0.29) is 18.9 Å². The number of hydrogen-bond donors (Lipinski definition) is 0. The second kappa shape index (κ2) is 7.71. The van der Waals surface area contributed by atoms with Gasteiger partial charge in [-0.15, -0.1) is 11.3 Å². The van der Waals surface area contributed by atoms with Gasteiger partial charge in [-0.05, 0) is 18.6 Å². The standard InChI is InChI=1S/C19H17N3O4S/c23-16-7-4-8-22(16)19-21-14(12-27-19)9-17(24)25-10-15-11-26-18(20-15)13-5-2-1-3-6-13/h1-3,5-6,11-12H,4,7-10H2. The molecule has 1 saturated heterocycles. The van der Waals surface area contributed by atoms with Gasteiger partial charge in [0.15, 0.2) is 5.13 Å². The fourth-order valence-corrected chi connectivity index (χ4v) is 3.66. The average molecular weight is 383 g/mol. The van der Waals surface area contributed by atoms with Crippen molar-refractivity contribution in [3.05, 3.63) is 53.4 Å². The fraction of sp³-hybridized carbons (Fsp3) is 0.263. The minimum absolute atomic E-state index is 0.0385. The van der Waals surface area contributed by atoms with Crippen molar-refractivity contribution in [3.8, 4) is 11.5 Å². The molecule has 1 aliphatic rings. The predicted octanol–water partition coefficient (Wildman–Crippen LogP) is 3.21. The number of hydrogen-bond acceptors (Lipinski definition) is 7. The zero-order valence-electron chi connectivity index (χ0n) is 14.5. The number of carbonyl (C=O) groups excluding carboxylic acids is 2. The van der Waals surface area contributed by atoms with Gasteiger partial charge >= 0.3 is 5.97 Å². The van der Waals surface area contributed by atoms with Crippen molar-refractivity contribution in [2.24, 2.45) is 0 Å². The number of ether oxygens (including phenoxy) is 1. The Morgan fingerprint density at radius 3 is 2.85 bits per heavy atom. The summed E-state index contributed by atoms with van der Waals surface area (Å²) in [5.74, 6) is 0.170. The van der Waals surface area contributed by atoms with E-state index in [1.165, 1.54) is 17.6 Å². The monoisotopic (exact) mass is 383 g/mol. The highest BCUT2D eigenvalue weighted by Crippen LogP contribution is 2.25. The first-order valence-electron chi connectivity index (χ1n) is 8.59. The summed E-state index contributed by atoms with van der Waals surface area (Å²) < 4.78 is 10.7. The van der Waals surface area contributed by atoms with Crippen molar-refractivity contribution >= 4 is 28.3 Å². The van der Waals surface area contributed by atoms with E-state index < -0.39 is 5.97 Å². The molecular weight excluding hydrogens is 366 g/mol. The van der Waals surface area contributed by atoms with Crippen LogP contribution >= 0.6 is 11.3 Å². The summed E-state index contributed by atoms with van der Waals surface area (Å²) in [5, 5.41) is 2.43. The summed E-state index contributed by atoms with van der Waals surface area (Å²) in [6, 6.07) is 9.51. The van der Waals surface area contributed by atoms with Gasteiger partial charge in [0.25, 0.3) is 0 Å². The molecule has 3 heterocycles. The molecule has 0 bridgehead atoms. The minimum Gasteiger partial charge on any atom is -0.459 e. The topological polar surface area (TPSA) is 85.5 Å². The number of amides is 1. The summed E-state index contributed by atoms with van der Waals surface area (Å²) in [4.78, 5) is 34.2. The molecule has 2 aromatic heterocycles. The number of aromatic nitrogens is 2. The van der Waals surface area contributed by atoms with Crippen LogP contribution in [0.5, 0.6) is 0 Å². The van der Waals surface area contributed by atoms with Crippen molar-refractivity contribution < 1.29 is 18.7 Å². The van der Waals surface area contributed by atoms with E-state index in [0.717, 1.165) is 12.0 Å². The van der Waals surface area contributed by atoms with Crippen LogP contribution in [0.2, 0.25) is 0 Å². The van der Waals surface area contributed by atoms with Crippen molar-refractivity contribution in [2.45, 2.75) is 25.9 Å². The smallest absolute Gasteiger partial charge is 0.312 e. The van der Waals surface area contributed by atoms with Crippen LogP contribution in [0.25, 0.3) is 11.5 Å². The van der Waals surface area contributed by atoms with E-state index in [1.807, 2.05) is 30.3 Å². The van der Waals surface area contributed by atoms with Gasteiger partial charge in [-0.25, -0.2) is 9.97 Å². The Morgan fingerprint density at radius 1 is 1.22 bits per heavy atom. The second-order valence-corrected chi connectivity index (χ2v) is 6.95. The maximum absolute atomic E-state index is 12.1. The molecule has 1 fully saturated rings. The fourth-order valence-electron chi connectivity index (χ4n) is 2.79. The van der Waals surface area contributed by atoms with E-state index >= 15 is 0 Å². The molecule has 8 heteroatoms. The lowest BCUT2D eigenvalue weighted by Gasteiger charge is -2.10. The van der Waals surface area contributed by atoms with Gasteiger partial charge in [-0.3, -0.25) is 14.5 Å². The van der Waals surface area contributed by atoms with E-state index in [0.29, 0.717) is 35.4 Å². The summed E-state index contributed by atoms with van der Waals surface area (Å²) in [7, 11) is 0. The molecule has 4 rings (SSSR count). The highest BCUT2D eigenvalue weighted by molar-refractivity contribution is 7.14. The van der Waals surface area contributed by atoms with Crippen molar-refractivity contribution in [2.75, 3.05) is 11.4 Å². The highest BCUT2D eigenvalue weighted by Gasteiger charge is 2.24.